The van der Waals surface area contributed by atoms with Crippen LogP contribution in [0.25, 0.3) is 10.9 Å². The summed E-state index contributed by atoms with van der Waals surface area (Å²) >= 11 is 0. The summed E-state index contributed by atoms with van der Waals surface area (Å²) in [4.78, 5) is 70.1. The lowest BCUT2D eigenvalue weighted by molar-refractivity contribution is -0.136. The number of ketones is 2. The van der Waals surface area contributed by atoms with Crippen molar-refractivity contribution in [2.45, 2.75) is 77.0 Å². The number of amides is 2. The van der Waals surface area contributed by atoms with E-state index < -0.39 is 43.3 Å². The highest BCUT2D eigenvalue weighted by Crippen LogP contribution is 2.43. The van der Waals surface area contributed by atoms with Gasteiger partial charge in [0, 0.05) is 29.8 Å². The van der Waals surface area contributed by atoms with Gasteiger partial charge in [-0.3, -0.25) is 19.2 Å². The molecule has 1 aliphatic heterocycles. The van der Waals surface area contributed by atoms with Gasteiger partial charge in [-0.1, -0.05) is 12.5 Å². The number of hydrogen-bond donors (Lipinski definition) is 2. The van der Waals surface area contributed by atoms with Gasteiger partial charge in [0.15, 0.2) is 12.6 Å². The normalized spacial score (nSPS) is 23.5. The number of nitrogens with one attached hydrogen (secondary N) is 2. The number of Topliss-reactive ketones (excluding diaryl/α,β-unsaturated/α-hetero) is 2. The zero-order chi connectivity index (χ0) is 31.4. The van der Waals surface area contributed by atoms with Crippen LogP contribution in [-0.2, 0) is 28.6 Å². The number of H-pyrrole nitrogens is 1. The summed E-state index contributed by atoms with van der Waals surface area (Å²) < 4.78 is 20.4. The molecule has 0 unspecified atom stereocenters. The number of likely N-dealkylation sites (tertiary alicyclic amines) is 1. The van der Waals surface area contributed by atoms with E-state index >= 15 is 0 Å². The van der Waals surface area contributed by atoms with Gasteiger partial charge < -0.3 is 34.1 Å². The minimum atomic E-state index is -0.994. The zero-order valence-corrected chi connectivity index (χ0v) is 25.5. The second kappa shape index (κ2) is 13.8. The monoisotopic (exact) mass is 611 g/mol. The van der Waals surface area contributed by atoms with Crippen LogP contribution in [0.5, 0.6) is 5.75 Å². The smallest absolute Gasteiger partial charge is 0.496 e. The van der Waals surface area contributed by atoms with E-state index in [1.165, 1.54) is 0 Å². The van der Waals surface area contributed by atoms with E-state index in [-0.39, 0.29) is 42.0 Å². The maximum absolute atomic E-state index is 14.0. The molecular formula is C32H41N3O9. The molecule has 0 radical (unpaired) electrons. The predicted octanol–water partition coefficient (Wildman–Crippen LogP) is 3.77. The number of aromatic amines is 1. The Morgan fingerprint density at radius 3 is 2.66 bits per heavy atom. The van der Waals surface area contributed by atoms with Gasteiger partial charge in [-0.05, 0) is 76.0 Å². The Labute approximate surface area is 256 Å². The molecule has 2 aliphatic carbocycles. The molecule has 2 heterocycles. The number of ether oxygens (including phenoxy) is 4. The third kappa shape index (κ3) is 6.90. The van der Waals surface area contributed by atoms with E-state index in [0.29, 0.717) is 30.8 Å². The molecule has 3 aliphatic rings. The first kappa shape index (κ1) is 31.5. The molecule has 1 aromatic carbocycles. The van der Waals surface area contributed by atoms with Crippen LogP contribution in [0.15, 0.2) is 24.3 Å². The Hall–Kier alpha value is -3.93. The number of fused-ring (bicyclic) bond motifs is 2. The van der Waals surface area contributed by atoms with Crippen LogP contribution in [0.3, 0.4) is 0 Å². The summed E-state index contributed by atoms with van der Waals surface area (Å²) in [6, 6.07) is 5.51. The van der Waals surface area contributed by atoms with Crippen molar-refractivity contribution in [1.29, 1.82) is 0 Å². The first-order valence-electron chi connectivity index (χ1n) is 15.4. The average Bonchev–Trinajstić information content (AvgIpc) is 3.78. The molecule has 3 fully saturated rings. The number of carbonyl (C=O) groups is 5. The molecule has 0 bridgehead atoms. The second-order valence-electron chi connectivity index (χ2n) is 12.2. The Kier molecular flexibility index (Phi) is 9.87. The van der Waals surface area contributed by atoms with Gasteiger partial charge in [0.1, 0.15) is 29.9 Å². The van der Waals surface area contributed by atoms with Crippen molar-refractivity contribution in [2.24, 2.45) is 17.8 Å². The Morgan fingerprint density at radius 1 is 1.11 bits per heavy atom. The molecule has 12 heteroatoms. The largest absolute Gasteiger partial charge is 0.510 e. The quantitative estimate of drug-likeness (QED) is 0.207. The third-order valence-electron chi connectivity index (χ3n) is 8.99. The molecule has 2 saturated carbocycles. The first-order valence-corrected chi connectivity index (χ1v) is 15.4. The fourth-order valence-electron chi connectivity index (χ4n) is 6.93. The number of aromatic nitrogens is 1. The highest BCUT2D eigenvalue weighted by atomic mass is 16.8. The summed E-state index contributed by atoms with van der Waals surface area (Å²) in [6.45, 7) is 2.86. The molecule has 12 nitrogen and oxygen atoms in total. The lowest BCUT2D eigenvalue weighted by atomic mass is 9.91. The van der Waals surface area contributed by atoms with E-state index in [9.17, 15) is 24.0 Å². The Balaban J connectivity index is 1.31. The van der Waals surface area contributed by atoms with Crippen molar-refractivity contribution in [3.8, 4) is 5.75 Å². The van der Waals surface area contributed by atoms with Crippen molar-refractivity contribution in [2.75, 3.05) is 27.1 Å². The Morgan fingerprint density at radius 2 is 1.93 bits per heavy atom. The standard InChI is InChI=1S/C32H41N3O9/c1-18(2)44-32(40)43-17-42-16-27(37)24(13-19-7-5-11-26(19)36)34-30(38)29-21-9-4-8-20(21)15-35(29)31(39)25-14-22-23(33-25)10-6-12-28(22)41-3/h6,10,12,14,18-21,24,29,33H,4-5,7-9,11,13,15-17H2,1-3H3,(H,34,38)/t19-,20-,21-,24-,29-/m0/s1. The van der Waals surface area contributed by atoms with Crippen LogP contribution in [0.2, 0.25) is 0 Å². The van der Waals surface area contributed by atoms with Gasteiger partial charge in [-0.15, -0.1) is 0 Å². The molecule has 1 saturated heterocycles. The van der Waals surface area contributed by atoms with Crippen LogP contribution in [0.4, 0.5) is 4.79 Å². The minimum absolute atomic E-state index is 0.0293. The molecule has 44 heavy (non-hydrogen) atoms. The molecule has 0 spiro atoms. The van der Waals surface area contributed by atoms with Crippen LogP contribution < -0.4 is 10.1 Å². The topological polar surface area (TPSA) is 153 Å². The van der Waals surface area contributed by atoms with Crippen LogP contribution in [0.1, 0.15) is 69.3 Å². The molecule has 2 aromatic rings. The molecule has 5 rings (SSSR count). The van der Waals surface area contributed by atoms with Gasteiger partial charge in [-0.2, -0.15) is 0 Å². The zero-order valence-electron chi connectivity index (χ0n) is 25.5. The van der Waals surface area contributed by atoms with Crippen molar-refractivity contribution < 1.29 is 42.9 Å². The van der Waals surface area contributed by atoms with Crippen LogP contribution in [-0.4, -0.2) is 84.7 Å². The van der Waals surface area contributed by atoms with E-state index in [0.717, 1.165) is 36.6 Å². The number of nitrogens with zero attached hydrogens (tertiary/aromatic N) is 1. The fraction of sp³-hybridized carbons (Fsp3) is 0.594. The lowest BCUT2D eigenvalue weighted by Crippen LogP contribution is -2.53. The number of hydrogen-bond acceptors (Lipinski definition) is 9. The molecule has 2 amide bonds. The van der Waals surface area contributed by atoms with Gasteiger partial charge in [0.2, 0.25) is 5.91 Å². The summed E-state index contributed by atoms with van der Waals surface area (Å²) in [5.74, 6) is -0.632. The number of rotatable bonds is 12. The summed E-state index contributed by atoms with van der Waals surface area (Å²) in [5, 5.41) is 3.67. The van der Waals surface area contributed by atoms with Crippen molar-refractivity contribution in [1.82, 2.24) is 15.2 Å². The van der Waals surface area contributed by atoms with E-state index in [1.54, 1.807) is 31.9 Å². The predicted molar refractivity (Wildman–Crippen MR) is 158 cm³/mol. The molecular weight excluding hydrogens is 570 g/mol. The second-order valence-corrected chi connectivity index (χ2v) is 12.2. The number of carbonyl (C=O) groups excluding carboxylic acids is 5. The van der Waals surface area contributed by atoms with Gasteiger partial charge in [-0.25, -0.2) is 4.79 Å². The highest BCUT2D eigenvalue weighted by Gasteiger charge is 2.50. The summed E-state index contributed by atoms with van der Waals surface area (Å²) in [7, 11) is 1.57. The van der Waals surface area contributed by atoms with Gasteiger partial charge in [0.25, 0.3) is 5.91 Å². The van der Waals surface area contributed by atoms with E-state index in [4.69, 9.17) is 18.9 Å². The van der Waals surface area contributed by atoms with E-state index in [1.807, 2.05) is 18.2 Å². The van der Waals surface area contributed by atoms with Crippen molar-refractivity contribution in [3.05, 3.63) is 30.0 Å². The molecule has 1 aromatic heterocycles. The van der Waals surface area contributed by atoms with Crippen LogP contribution in [0, 0.1) is 17.8 Å². The van der Waals surface area contributed by atoms with E-state index in [2.05, 4.69) is 10.3 Å². The van der Waals surface area contributed by atoms with Gasteiger partial charge in [0.05, 0.1) is 19.3 Å². The maximum atomic E-state index is 14.0. The van der Waals surface area contributed by atoms with Crippen LogP contribution >= 0.6 is 0 Å². The molecule has 5 atom stereocenters. The lowest BCUT2D eigenvalue weighted by Gasteiger charge is -2.29. The molecule has 238 valence electrons. The van der Waals surface area contributed by atoms with Crippen molar-refractivity contribution in [3.63, 3.8) is 0 Å². The highest BCUT2D eigenvalue weighted by molar-refractivity contribution is 6.02. The minimum Gasteiger partial charge on any atom is -0.496 e. The maximum Gasteiger partial charge on any atom is 0.510 e. The summed E-state index contributed by atoms with van der Waals surface area (Å²) in [5.41, 5.74) is 1.11. The average molecular weight is 612 g/mol. The van der Waals surface area contributed by atoms with Gasteiger partial charge >= 0.3 is 6.16 Å². The summed E-state index contributed by atoms with van der Waals surface area (Å²) in [6.07, 6.45) is 3.40. The number of methoxy groups -OCH3 is 1. The fourth-order valence-corrected chi connectivity index (χ4v) is 6.93. The molecule has 2 N–H and O–H groups in total. The number of benzene rings is 1. The third-order valence-corrected chi connectivity index (χ3v) is 8.99. The first-order chi connectivity index (χ1) is 21.2. The SMILES string of the molecule is COc1cccc2[nH]c(C(=O)N3C[C@@H]4CCC[C@@H]4[C@H]3C(=O)N[C@@H](C[C@@H]3CCCC3=O)C(=O)COCOC(=O)OC(C)C)cc12. The van der Waals surface area contributed by atoms with Crippen molar-refractivity contribution >= 4 is 40.4 Å². The Bertz CT molecular complexity index is 1400.